The number of ether oxygens (including phenoxy) is 1. The highest BCUT2D eigenvalue weighted by Crippen LogP contribution is 2.37. The molecular formula is C21H20BrNO3. The zero-order valence-electron chi connectivity index (χ0n) is 14.8. The highest BCUT2D eigenvalue weighted by atomic mass is 79.9. The summed E-state index contributed by atoms with van der Waals surface area (Å²) in [5.74, 6) is -0.255. The molecule has 0 aliphatic rings. The Balaban J connectivity index is 2.28. The lowest BCUT2D eigenvalue weighted by Gasteiger charge is -2.09. The Kier molecular flexibility index (Phi) is 5.18. The second kappa shape index (κ2) is 7.38. The van der Waals surface area contributed by atoms with Crippen LogP contribution in [0.5, 0.6) is 5.75 Å². The van der Waals surface area contributed by atoms with Gasteiger partial charge in [-0.1, -0.05) is 34.1 Å². The number of halogens is 1. The number of rotatable bonds is 5. The Morgan fingerprint density at radius 3 is 2.62 bits per heavy atom. The highest BCUT2D eigenvalue weighted by molar-refractivity contribution is 9.10. The number of phenolic OH excluding ortho intramolecular Hbond substituents is 1. The maximum absolute atomic E-state index is 12.5. The third-order valence-electron chi connectivity index (χ3n) is 4.39. The van der Waals surface area contributed by atoms with E-state index in [9.17, 15) is 9.90 Å². The van der Waals surface area contributed by atoms with Crippen LogP contribution in [0.25, 0.3) is 22.0 Å². The summed E-state index contributed by atoms with van der Waals surface area (Å²) in [5, 5.41) is 11.3. The van der Waals surface area contributed by atoms with Crippen molar-refractivity contribution in [2.45, 2.75) is 20.4 Å². The molecule has 0 bridgehead atoms. The Morgan fingerprint density at radius 1 is 1.31 bits per heavy atom. The van der Waals surface area contributed by atoms with Gasteiger partial charge >= 0.3 is 5.97 Å². The molecule has 0 unspecified atom stereocenters. The van der Waals surface area contributed by atoms with Gasteiger partial charge in [-0.25, -0.2) is 4.79 Å². The van der Waals surface area contributed by atoms with Crippen LogP contribution in [0.3, 0.4) is 0 Å². The van der Waals surface area contributed by atoms with E-state index in [-0.39, 0.29) is 11.7 Å². The van der Waals surface area contributed by atoms with Crippen LogP contribution in [-0.2, 0) is 11.3 Å². The Hall–Kier alpha value is -2.53. The largest absolute Gasteiger partial charge is 0.507 e. The molecule has 3 aromatic rings. The first-order chi connectivity index (χ1) is 12.5. The number of benzene rings is 2. The first-order valence-corrected chi connectivity index (χ1v) is 9.17. The van der Waals surface area contributed by atoms with Gasteiger partial charge in [0.25, 0.3) is 0 Å². The molecule has 0 aliphatic carbocycles. The summed E-state index contributed by atoms with van der Waals surface area (Å²) in [6.07, 6.45) is 1.79. The van der Waals surface area contributed by atoms with Crippen molar-refractivity contribution in [3.05, 3.63) is 64.8 Å². The molecule has 0 fully saturated rings. The molecule has 0 atom stereocenters. The molecule has 1 aromatic heterocycles. The molecule has 0 saturated carbocycles. The molecular weight excluding hydrogens is 394 g/mol. The minimum absolute atomic E-state index is 0.126. The lowest BCUT2D eigenvalue weighted by Crippen LogP contribution is -2.07. The third kappa shape index (κ3) is 3.15. The fourth-order valence-electron chi connectivity index (χ4n) is 3.20. The van der Waals surface area contributed by atoms with E-state index in [1.165, 1.54) is 0 Å². The van der Waals surface area contributed by atoms with Crippen LogP contribution in [-0.4, -0.2) is 22.2 Å². The molecule has 2 aromatic carbocycles. The Bertz CT molecular complexity index is 987. The monoisotopic (exact) mass is 413 g/mol. The predicted molar refractivity (Wildman–Crippen MR) is 108 cm³/mol. The number of aromatic nitrogens is 1. The van der Waals surface area contributed by atoms with E-state index in [0.29, 0.717) is 29.7 Å². The normalized spacial score (nSPS) is 10.9. The first-order valence-electron chi connectivity index (χ1n) is 8.37. The Morgan fingerprint density at radius 2 is 2.00 bits per heavy atom. The second-order valence-electron chi connectivity index (χ2n) is 5.97. The fourth-order valence-corrected chi connectivity index (χ4v) is 3.46. The molecule has 0 aliphatic heterocycles. The molecule has 3 rings (SSSR count). The van der Waals surface area contributed by atoms with E-state index in [2.05, 4.69) is 22.5 Å². The van der Waals surface area contributed by atoms with Crippen LogP contribution < -0.4 is 0 Å². The maximum atomic E-state index is 12.5. The molecule has 4 nitrogen and oxygen atoms in total. The number of esters is 1. The fraction of sp³-hybridized carbons (Fsp3) is 0.190. The van der Waals surface area contributed by atoms with Crippen molar-refractivity contribution in [2.75, 3.05) is 6.61 Å². The summed E-state index contributed by atoms with van der Waals surface area (Å²) >= 11 is 3.42. The molecule has 1 heterocycles. The first kappa shape index (κ1) is 18.3. The smallest absolute Gasteiger partial charge is 0.340 e. The van der Waals surface area contributed by atoms with Crippen LogP contribution in [0.4, 0.5) is 0 Å². The summed E-state index contributed by atoms with van der Waals surface area (Å²) in [7, 11) is 0. The van der Waals surface area contributed by atoms with E-state index < -0.39 is 0 Å². The predicted octanol–water partition coefficient (Wildman–Crippen LogP) is 5.45. The molecule has 5 heteroatoms. The summed E-state index contributed by atoms with van der Waals surface area (Å²) in [6.45, 7) is 8.33. The van der Waals surface area contributed by atoms with E-state index in [4.69, 9.17) is 4.74 Å². The molecule has 0 amide bonds. The van der Waals surface area contributed by atoms with E-state index in [1.54, 1.807) is 19.1 Å². The number of nitrogens with zero attached hydrogens (tertiary/aromatic N) is 1. The SMILES string of the molecule is C=CCn1c(C)c(C(=O)OCC)c2cc(O)c(-c3ccc(Br)cc3)cc21. The molecule has 0 radical (unpaired) electrons. The molecule has 26 heavy (non-hydrogen) atoms. The van der Waals surface area contributed by atoms with Gasteiger partial charge in [-0.2, -0.15) is 0 Å². The van der Waals surface area contributed by atoms with Gasteiger partial charge in [-0.3, -0.25) is 0 Å². The standard InChI is InChI=1S/C21H20BrNO3/c1-4-10-23-13(3)20(21(25)26-5-2)17-12-19(24)16(11-18(17)23)14-6-8-15(22)9-7-14/h4,6-9,11-12,24H,1,5,10H2,2-3H3. The number of carbonyl (C=O) groups is 1. The van der Waals surface area contributed by atoms with Gasteiger partial charge in [-0.05, 0) is 43.7 Å². The molecule has 134 valence electrons. The second-order valence-corrected chi connectivity index (χ2v) is 6.89. The van der Waals surface area contributed by atoms with Gasteiger partial charge in [-0.15, -0.1) is 6.58 Å². The van der Waals surface area contributed by atoms with Crippen molar-refractivity contribution in [1.29, 1.82) is 0 Å². The zero-order valence-corrected chi connectivity index (χ0v) is 16.3. The van der Waals surface area contributed by atoms with Crippen molar-refractivity contribution in [1.82, 2.24) is 4.57 Å². The lowest BCUT2D eigenvalue weighted by atomic mass is 10.0. The summed E-state index contributed by atoms with van der Waals surface area (Å²) in [4.78, 5) is 12.5. The van der Waals surface area contributed by atoms with Gasteiger partial charge in [0, 0.05) is 27.7 Å². The van der Waals surface area contributed by atoms with Crippen LogP contribution in [0.1, 0.15) is 23.0 Å². The third-order valence-corrected chi connectivity index (χ3v) is 4.92. The topological polar surface area (TPSA) is 51.5 Å². The van der Waals surface area contributed by atoms with E-state index in [1.807, 2.05) is 41.8 Å². The quantitative estimate of drug-likeness (QED) is 0.446. The van der Waals surface area contributed by atoms with Gasteiger partial charge < -0.3 is 14.4 Å². The minimum Gasteiger partial charge on any atom is -0.507 e. The van der Waals surface area contributed by atoms with E-state index in [0.717, 1.165) is 21.2 Å². The number of phenols is 1. The summed E-state index contributed by atoms with van der Waals surface area (Å²) in [6, 6.07) is 11.3. The van der Waals surface area contributed by atoms with Crippen molar-refractivity contribution in [3.8, 4) is 16.9 Å². The molecule has 0 saturated heterocycles. The average Bonchev–Trinajstić information content (AvgIpc) is 2.87. The lowest BCUT2D eigenvalue weighted by molar-refractivity contribution is 0.0527. The molecule has 0 spiro atoms. The van der Waals surface area contributed by atoms with Crippen LogP contribution in [0, 0.1) is 6.92 Å². The van der Waals surface area contributed by atoms with Crippen molar-refractivity contribution in [2.24, 2.45) is 0 Å². The van der Waals surface area contributed by atoms with Gasteiger partial charge in [0.15, 0.2) is 0 Å². The van der Waals surface area contributed by atoms with Crippen molar-refractivity contribution < 1.29 is 14.6 Å². The number of aromatic hydroxyl groups is 1. The maximum Gasteiger partial charge on any atom is 0.340 e. The number of allylic oxidation sites excluding steroid dienone is 1. The number of hydrogen-bond donors (Lipinski definition) is 1. The average molecular weight is 414 g/mol. The van der Waals surface area contributed by atoms with Crippen LogP contribution in [0.15, 0.2) is 53.5 Å². The Labute approximate surface area is 160 Å². The zero-order chi connectivity index (χ0) is 18.8. The number of fused-ring (bicyclic) bond motifs is 1. The minimum atomic E-state index is -0.381. The highest BCUT2D eigenvalue weighted by Gasteiger charge is 2.22. The van der Waals surface area contributed by atoms with Crippen LogP contribution >= 0.6 is 15.9 Å². The number of carbonyl (C=O) groups excluding carboxylic acids is 1. The summed E-state index contributed by atoms with van der Waals surface area (Å²) < 4.78 is 8.19. The van der Waals surface area contributed by atoms with Gasteiger partial charge in [0.1, 0.15) is 5.75 Å². The van der Waals surface area contributed by atoms with Gasteiger partial charge in [0.05, 0.1) is 17.7 Å². The molecule has 1 N–H and O–H groups in total. The van der Waals surface area contributed by atoms with E-state index >= 15 is 0 Å². The van der Waals surface area contributed by atoms with Crippen molar-refractivity contribution >= 4 is 32.8 Å². The van der Waals surface area contributed by atoms with Gasteiger partial charge in [0.2, 0.25) is 0 Å². The van der Waals surface area contributed by atoms with Crippen molar-refractivity contribution in [3.63, 3.8) is 0 Å². The van der Waals surface area contributed by atoms with Crippen LogP contribution in [0.2, 0.25) is 0 Å². The summed E-state index contributed by atoms with van der Waals surface area (Å²) in [5.41, 5.74) is 3.76. The number of hydrogen-bond acceptors (Lipinski definition) is 3.